The molecule has 0 bridgehead atoms. The van der Waals surface area contributed by atoms with Crippen LogP contribution >= 0.6 is 11.3 Å². The molecule has 0 unspecified atom stereocenters. The lowest BCUT2D eigenvalue weighted by Crippen LogP contribution is -2.28. The van der Waals surface area contributed by atoms with Gasteiger partial charge in [-0.05, 0) is 17.5 Å². The fourth-order valence-corrected chi connectivity index (χ4v) is 2.20. The average Bonchev–Trinajstić information content (AvgIpc) is 2.80. The van der Waals surface area contributed by atoms with Crippen molar-refractivity contribution in [1.29, 1.82) is 0 Å². The third-order valence-electron chi connectivity index (χ3n) is 2.25. The zero-order valence-electron chi connectivity index (χ0n) is 9.57. The van der Waals surface area contributed by atoms with E-state index in [2.05, 4.69) is 10.3 Å². The van der Waals surface area contributed by atoms with Gasteiger partial charge in [-0.15, -0.1) is 11.3 Å². The molecule has 0 atom stereocenters. The van der Waals surface area contributed by atoms with Gasteiger partial charge in [0.1, 0.15) is 11.5 Å². The van der Waals surface area contributed by atoms with Crippen molar-refractivity contribution in [2.45, 2.75) is 6.54 Å². The van der Waals surface area contributed by atoms with E-state index in [9.17, 15) is 14.4 Å². The Morgan fingerprint density at radius 1 is 1.47 bits per heavy atom. The second-order valence-electron chi connectivity index (χ2n) is 3.55. The van der Waals surface area contributed by atoms with Crippen LogP contribution in [0.25, 0.3) is 0 Å². The average molecular weight is 279 g/mol. The molecule has 0 saturated heterocycles. The summed E-state index contributed by atoms with van der Waals surface area (Å²) in [5.41, 5.74) is -0.515. The summed E-state index contributed by atoms with van der Waals surface area (Å²) in [6.07, 6.45) is 2.76. The van der Waals surface area contributed by atoms with Gasteiger partial charge in [0.15, 0.2) is 0 Å². The summed E-state index contributed by atoms with van der Waals surface area (Å²) in [4.78, 5) is 37.4. The van der Waals surface area contributed by atoms with Gasteiger partial charge in [0, 0.05) is 12.4 Å². The predicted molar refractivity (Wildman–Crippen MR) is 68.4 cm³/mol. The molecule has 0 aliphatic rings. The number of anilines is 1. The van der Waals surface area contributed by atoms with Gasteiger partial charge in [-0.2, -0.15) is 0 Å². The Labute approximate surface area is 111 Å². The molecule has 0 aromatic carbocycles. The molecule has 2 N–H and O–H groups in total. The van der Waals surface area contributed by atoms with Crippen molar-refractivity contribution in [2.24, 2.45) is 0 Å². The molecule has 0 saturated carbocycles. The second-order valence-corrected chi connectivity index (χ2v) is 4.46. The zero-order valence-corrected chi connectivity index (χ0v) is 10.4. The van der Waals surface area contributed by atoms with Crippen molar-refractivity contribution >= 4 is 28.2 Å². The fraction of sp³-hybridized carbons (Fsp3) is 0.0909. The van der Waals surface area contributed by atoms with Crippen LogP contribution in [-0.4, -0.2) is 26.5 Å². The van der Waals surface area contributed by atoms with Gasteiger partial charge in [0.25, 0.3) is 0 Å². The molecule has 2 aromatic heterocycles. The lowest BCUT2D eigenvalue weighted by Gasteiger charge is -2.05. The summed E-state index contributed by atoms with van der Waals surface area (Å²) >= 11 is 1.11. The quantitative estimate of drug-likeness (QED) is 0.855. The number of carboxylic acid groups (broad SMARTS) is 1. The van der Waals surface area contributed by atoms with E-state index in [-0.39, 0.29) is 17.1 Å². The lowest BCUT2D eigenvalue weighted by molar-refractivity contribution is -0.116. The normalized spacial score (nSPS) is 10.1. The molecule has 0 fully saturated rings. The predicted octanol–water partition coefficient (Wildman–Crippen LogP) is 0.642. The maximum Gasteiger partial charge on any atom is 0.347 e. The highest BCUT2D eigenvalue weighted by atomic mass is 32.1. The Morgan fingerprint density at radius 3 is 2.95 bits per heavy atom. The first-order valence-corrected chi connectivity index (χ1v) is 6.08. The number of amides is 1. The summed E-state index contributed by atoms with van der Waals surface area (Å²) in [5.74, 6) is -1.60. The van der Waals surface area contributed by atoms with Crippen LogP contribution in [0.15, 0.2) is 34.7 Å². The van der Waals surface area contributed by atoms with Crippen molar-refractivity contribution < 1.29 is 14.7 Å². The standard InChI is InChI=1S/C11H9N3O4S/c15-8(6-14-4-1-3-12-11(14)18)13-9-7(10(16)17)2-5-19-9/h1-5H,6H2,(H,13,15)(H,16,17). The van der Waals surface area contributed by atoms with Gasteiger partial charge in [-0.25, -0.2) is 14.6 Å². The fourth-order valence-electron chi connectivity index (χ4n) is 1.40. The number of hydrogen-bond donors (Lipinski definition) is 2. The molecule has 8 heteroatoms. The van der Waals surface area contributed by atoms with Crippen molar-refractivity contribution in [1.82, 2.24) is 9.55 Å². The summed E-state index contributed by atoms with van der Waals surface area (Å²) in [7, 11) is 0. The number of rotatable bonds is 4. The van der Waals surface area contributed by atoms with Crippen LogP contribution < -0.4 is 11.0 Å². The van der Waals surface area contributed by atoms with Crippen LogP contribution in [-0.2, 0) is 11.3 Å². The molecular formula is C11H9N3O4S. The zero-order chi connectivity index (χ0) is 13.8. The molecule has 98 valence electrons. The van der Waals surface area contributed by atoms with E-state index in [1.807, 2.05) is 0 Å². The van der Waals surface area contributed by atoms with Gasteiger partial charge < -0.3 is 10.4 Å². The summed E-state index contributed by atoms with van der Waals surface area (Å²) in [6, 6.07) is 2.93. The number of thiophene rings is 1. The molecule has 0 radical (unpaired) electrons. The molecule has 7 nitrogen and oxygen atoms in total. The van der Waals surface area contributed by atoms with Gasteiger partial charge in [-0.1, -0.05) is 0 Å². The minimum absolute atomic E-state index is 0.0249. The highest BCUT2D eigenvalue weighted by Crippen LogP contribution is 2.22. The van der Waals surface area contributed by atoms with E-state index in [0.717, 1.165) is 15.9 Å². The molecular weight excluding hydrogens is 270 g/mol. The van der Waals surface area contributed by atoms with Crippen LogP contribution in [0.2, 0.25) is 0 Å². The monoisotopic (exact) mass is 279 g/mol. The maximum absolute atomic E-state index is 11.7. The topological polar surface area (TPSA) is 101 Å². The van der Waals surface area contributed by atoms with Gasteiger partial charge in [0.05, 0.1) is 5.56 Å². The Morgan fingerprint density at radius 2 is 2.26 bits per heavy atom. The van der Waals surface area contributed by atoms with Gasteiger partial charge >= 0.3 is 11.7 Å². The summed E-state index contributed by atoms with van der Waals surface area (Å²) in [5, 5.41) is 13.2. The van der Waals surface area contributed by atoms with E-state index in [4.69, 9.17) is 5.11 Å². The first kappa shape index (κ1) is 13.0. The molecule has 0 aliphatic heterocycles. The lowest BCUT2D eigenvalue weighted by atomic mass is 10.3. The Bertz CT molecular complexity index is 676. The van der Waals surface area contributed by atoms with Crippen LogP contribution in [0.1, 0.15) is 10.4 Å². The van der Waals surface area contributed by atoms with E-state index < -0.39 is 17.6 Å². The van der Waals surface area contributed by atoms with Crippen molar-refractivity contribution in [3.05, 3.63) is 46.0 Å². The van der Waals surface area contributed by atoms with Crippen LogP contribution in [0.5, 0.6) is 0 Å². The third-order valence-corrected chi connectivity index (χ3v) is 3.08. The Kier molecular flexibility index (Phi) is 3.71. The van der Waals surface area contributed by atoms with E-state index in [0.29, 0.717) is 0 Å². The van der Waals surface area contributed by atoms with Crippen LogP contribution in [0.3, 0.4) is 0 Å². The summed E-state index contributed by atoms with van der Waals surface area (Å²) in [6.45, 7) is -0.219. The SMILES string of the molecule is O=C(Cn1cccnc1=O)Nc1sccc1C(=O)O. The van der Waals surface area contributed by atoms with E-state index >= 15 is 0 Å². The molecule has 0 spiro atoms. The Balaban J connectivity index is 2.10. The van der Waals surface area contributed by atoms with E-state index in [1.54, 1.807) is 5.38 Å². The van der Waals surface area contributed by atoms with Crippen LogP contribution in [0.4, 0.5) is 5.00 Å². The molecule has 2 aromatic rings. The van der Waals surface area contributed by atoms with Crippen molar-refractivity contribution in [3.63, 3.8) is 0 Å². The number of carbonyl (C=O) groups excluding carboxylic acids is 1. The Hall–Kier alpha value is -2.48. The van der Waals surface area contributed by atoms with E-state index in [1.165, 1.54) is 24.5 Å². The van der Waals surface area contributed by atoms with Gasteiger partial charge in [0.2, 0.25) is 5.91 Å². The summed E-state index contributed by atoms with van der Waals surface area (Å²) < 4.78 is 1.13. The molecule has 1 amide bonds. The number of hydrogen-bond acceptors (Lipinski definition) is 5. The van der Waals surface area contributed by atoms with Crippen molar-refractivity contribution in [2.75, 3.05) is 5.32 Å². The first-order chi connectivity index (χ1) is 9.08. The smallest absolute Gasteiger partial charge is 0.347 e. The minimum Gasteiger partial charge on any atom is -0.478 e. The molecule has 19 heavy (non-hydrogen) atoms. The van der Waals surface area contributed by atoms with Gasteiger partial charge in [-0.3, -0.25) is 9.36 Å². The number of nitrogens with zero attached hydrogens (tertiary/aromatic N) is 2. The second kappa shape index (κ2) is 5.44. The van der Waals surface area contributed by atoms with Crippen molar-refractivity contribution in [3.8, 4) is 0 Å². The minimum atomic E-state index is -1.12. The third kappa shape index (κ3) is 3.05. The number of carboxylic acids is 1. The number of carbonyl (C=O) groups is 2. The number of nitrogens with one attached hydrogen (secondary N) is 1. The highest BCUT2D eigenvalue weighted by molar-refractivity contribution is 7.14. The first-order valence-electron chi connectivity index (χ1n) is 5.20. The largest absolute Gasteiger partial charge is 0.478 e. The maximum atomic E-state index is 11.7. The molecule has 2 heterocycles. The molecule has 0 aliphatic carbocycles. The number of aromatic nitrogens is 2. The molecule has 2 rings (SSSR count). The van der Waals surface area contributed by atoms with Crippen LogP contribution in [0, 0.1) is 0 Å². The highest BCUT2D eigenvalue weighted by Gasteiger charge is 2.14. The number of aromatic carboxylic acids is 1.